The number of hydrogen-bond donors (Lipinski definition) is 0. The van der Waals surface area contributed by atoms with Gasteiger partial charge in [0.2, 0.25) is 0 Å². The Kier molecular flexibility index (Phi) is 2.17. The predicted molar refractivity (Wildman–Crippen MR) is 53.5 cm³/mol. The summed E-state index contributed by atoms with van der Waals surface area (Å²) in [6.07, 6.45) is 3.08. The molecule has 1 aromatic carbocycles. The standard InChI is InChI=1S/C11H7NO3/c13-7-8-2-1-3-9(6-8)12-10(14)4-5-11(12)15/h1-7H. The first-order valence-electron chi connectivity index (χ1n) is 4.34. The lowest BCUT2D eigenvalue weighted by molar-refractivity contribution is -0.119. The zero-order chi connectivity index (χ0) is 10.8. The molecular weight excluding hydrogens is 194 g/mol. The molecule has 0 atom stereocenters. The second-order valence-electron chi connectivity index (χ2n) is 3.06. The molecule has 0 N–H and O–H groups in total. The van der Waals surface area contributed by atoms with Crippen LogP contribution in [-0.2, 0) is 9.59 Å². The Morgan fingerprint density at radius 3 is 2.33 bits per heavy atom. The Labute approximate surface area is 85.8 Å². The van der Waals surface area contributed by atoms with Crippen molar-refractivity contribution in [3.8, 4) is 0 Å². The first-order chi connectivity index (χ1) is 7.22. The normalized spacial score (nSPS) is 14.8. The van der Waals surface area contributed by atoms with E-state index in [4.69, 9.17) is 0 Å². The summed E-state index contributed by atoms with van der Waals surface area (Å²) in [4.78, 5) is 34.2. The van der Waals surface area contributed by atoms with E-state index in [-0.39, 0.29) is 11.8 Å². The van der Waals surface area contributed by atoms with Crippen LogP contribution in [0.3, 0.4) is 0 Å². The third-order valence-electron chi connectivity index (χ3n) is 2.07. The van der Waals surface area contributed by atoms with Crippen molar-refractivity contribution in [2.24, 2.45) is 0 Å². The number of amides is 2. The third kappa shape index (κ3) is 1.57. The molecule has 1 heterocycles. The summed E-state index contributed by atoms with van der Waals surface area (Å²) in [6.45, 7) is 0. The average molecular weight is 201 g/mol. The van der Waals surface area contributed by atoms with Gasteiger partial charge in [-0.25, -0.2) is 4.90 Å². The van der Waals surface area contributed by atoms with Crippen LogP contribution in [0.25, 0.3) is 0 Å². The fourth-order valence-electron chi connectivity index (χ4n) is 1.39. The van der Waals surface area contributed by atoms with Crippen molar-refractivity contribution >= 4 is 23.8 Å². The molecule has 0 aromatic heterocycles. The van der Waals surface area contributed by atoms with Crippen LogP contribution in [0.2, 0.25) is 0 Å². The molecule has 0 aliphatic carbocycles. The quantitative estimate of drug-likeness (QED) is 0.528. The summed E-state index contributed by atoms with van der Waals surface area (Å²) >= 11 is 0. The van der Waals surface area contributed by atoms with Gasteiger partial charge in [-0.05, 0) is 12.1 Å². The summed E-state index contributed by atoms with van der Waals surface area (Å²) in [5.41, 5.74) is 0.847. The summed E-state index contributed by atoms with van der Waals surface area (Å²) in [5.74, 6) is -0.772. The second-order valence-corrected chi connectivity index (χ2v) is 3.06. The number of anilines is 1. The van der Waals surface area contributed by atoms with Crippen molar-refractivity contribution in [2.75, 3.05) is 4.90 Å². The maximum Gasteiger partial charge on any atom is 0.258 e. The number of aldehydes is 1. The Bertz CT molecular complexity index is 458. The van der Waals surface area contributed by atoms with Gasteiger partial charge in [0, 0.05) is 17.7 Å². The number of imide groups is 1. The molecule has 0 radical (unpaired) electrons. The Morgan fingerprint density at radius 2 is 1.73 bits per heavy atom. The van der Waals surface area contributed by atoms with E-state index in [1.807, 2.05) is 0 Å². The Morgan fingerprint density at radius 1 is 1.07 bits per heavy atom. The van der Waals surface area contributed by atoms with Gasteiger partial charge in [-0.3, -0.25) is 14.4 Å². The van der Waals surface area contributed by atoms with Crippen LogP contribution in [0, 0.1) is 0 Å². The van der Waals surface area contributed by atoms with Crippen LogP contribution in [0.1, 0.15) is 10.4 Å². The highest BCUT2D eigenvalue weighted by molar-refractivity contribution is 6.28. The molecule has 1 aliphatic rings. The molecule has 0 fully saturated rings. The topological polar surface area (TPSA) is 54.5 Å². The van der Waals surface area contributed by atoms with Crippen LogP contribution in [0.15, 0.2) is 36.4 Å². The van der Waals surface area contributed by atoms with Gasteiger partial charge in [0.05, 0.1) is 5.69 Å². The molecule has 0 spiro atoms. The van der Waals surface area contributed by atoms with Gasteiger partial charge in [0.1, 0.15) is 6.29 Å². The highest BCUT2D eigenvalue weighted by Gasteiger charge is 2.24. The third-order valence-corrected chi connectivity index (χ3v) is 2.07. The van der Waals surface area contributed by atoms with Crippen molar-refractivity contribution in [3.63, 3.8) is 0 Å². The molecule has 0 unspecified atom stereocenters. The van der Waals surface area contributed by atoms with E-state index in [1.54, 1.807) is 18.2 Å². The van der Waals surface area contributed by atoms with Crippen molar-refractivity contribution in [2.45, 2.75) is 0 Å². The largest absolute Gasteiger partial charge is 0.298 e. The van der Waals surface area contributed by atoms with Gasteiger partial charge in [-0.2, -0.15) is 0 Å². The maximum absolute atomic E-state index is 11.3. The molecule has 74 valence electrons. The van der Waals surface area contributed by atoms with Crippen LogP contribution < -0.4 is 4.90 Å². The predicted octanol–water partition coefficient (Wildman–Crippen LogP) is 0.928. The molecule has 4 heteroatoms. The van der Waals surface area contributed by atoms with Gasteiger partial charge in [0.25, 0.3) is 11.8 Å². The summed E-state index contributed by atoms with van der Waals surface area (Å²) in [5, 5.41) is 0. The highest BCUT2D eigenvalue weighted by atomic mass is 16.2. The van der Waals surface area contributed by atoms with Gasteiger partial charge < -0.3 is 0 Å². The minimum atomic E-state index is -0.386. The van der Waals surface area contributed by atoms with E-state index in [0.29, 0.717) is 17.5 Å². The summed E-state index contributed by atoms with van der Waals surface area (Å²) in [7, 11) is 0. The lowest BCUT2D eigenvalue weighted by Gasteiger charge is -2.13. The SMILES string of the molecule is O=Cc1cccc(N2C(=O)C=CC2=O)c1. The molecule has 2 rings (SSSR count). The molecule has 2 amide bonds. The van der Waals surface area contributed by atoms with E-state index in [0.717, 1.165) is 4.90 Å². The molecular formula is C11H7NO3. The first-order valence-corrected chi connectivity index (χ1v) is 4.34. The fraction of sp³-hybridized carbons (Fsp3) is 0. The molecule has 0 saturated heterocycles. The van der Waals surface area contributed by atoms with Crippen molar-refractivity contribution < 1.29 is 14.4 Å². The van der Waals surface area contributed by atoms with Crippen LogP contribution in [0.5, 0.6) is 0 Å². The lowest BCUT2D eigenvalue weighted by atomic mass is 10.2. The highest BCUT2D eigenvalue weighted by Crippen LogP contribution is 2.19. The molecule has 1 aromatic rings. The molecule has 4 nitrogen and oxygen atoms in total. The van der Waals surface area contributed by atoms with Gasteiger partial charge in [0.15, 0.2) is 0 Å². The van der Waals surface area contributed by atoms with E-state index < -0.39 is 0 Å². The second kappa shape index (κ2) is 3.49. The van der Waals surface area contributed by atoms with Gasteiger partial charge in [-0.1, -0.05) is 12.1 Å². The summed E-state index contributed by atoms with van der Waals surface area (Å²) < 4.78 is 0. The fourth-order valence-corrected chi connectivity index (χ4v) is 1.39. The molecule has 15 heavy (non-hydrogen) atoms. The van der Waals surface area contributed by atoms with Gasteiger partial charge >= 0.3 is 0 Å². The van der Waals surface area contributed by atoms with Gasteiger partial charge in [-0.15, -0.1) is 0 Å². The van der Waals surface area contributed by atoms with Crippen molar-refractivity contribution in [1.82, 2.24) is 0 Å². The van der Waals surface area contributed by atoms with E-state index in [1.165, 1.54) is 18.2 Å². The summed E-state index contributed by atoms with van der Waals surface area (Å²) in [6, 6.07) is 6.33. The zero-order valence-electron chi connectivity index (χ0n) is 7.71. The number of rotatable bonds is 2. The van der Waals surface area contributed by atoms with Crippen molar-refractivity contribution in [1.29, 1.82) is 0 Å². The van der Waals surface area contributed by atoms with E-state index in [9.17, 15) is 14.4 Å². The number of hydrogen-bond acceptors (Lipinski definition) is 3. The van der Waals surface area contributed by atoms with E-state index in [2.05, 4.69) is 0 Å². The number of nitrogens with zero attached hydrogens (tertiary/aromatic N) is 1. The number of carbonyl (C=O) groups excluding carboxylic acids is 3. The van der Waals surface area contributed by atoms with E-state index >= 15 is 0 Å². The van der Waals surface area contributed by atoms with Crippen molar-refractivity contribution in [3.05, 3.63) is 42.0 Å². The monoisotopic (exact) mass is 201 g/mol. The Hall–Kier alpha value is -2.23. The average Bonchev–Trinajstić information content (AvgIpc) is 2.59. The first kappa shape index (κ1) is 9.33. The van der Waals surface area contributed by atoms with Crippen LogP contribution >= 0.6 is 0 Å². The van der Waals surface area contributed by atoms with Crippen LogP contribution in [0.4, 0.5) is 5.69 Å². The number of benzene rings is 1. The number of carbonyl (C=O) groups is 3. The van der Waals surface area contributed by atoms with Crippen LogP contribution in [-0.4, -0.2) is 18.1 Å². The Balaban J connectivity index is 2.41. The smallest absolute Gasteiger partial charge is 0.258 e. The maximum atomic E-state index is 11.3. The minimum absolute atomic E-state index is 0.386. The zero-order valence-corrected chi connectivity index (χ0v) is 7.71. The molecule has 1 aliphatic heterocycles. The molecule has 0 saturated carbocycles. The lowest BCUT2D eigenvalue weighted by Crippen LogP contribution is -2.29. The molecule has 0 bridgehead atoms. The minimum Gasteiger partial charge on any atom is -0.298 e.